The minimum absolute atomic E-state index is 0.0644. The molecule has 0 atom stereocenters. The fraction of sp³-hybridized carbons (Fsp3) is 0.381. The monoisotopic (exact) mass is 364 g/mol. The zero-order chi connectivity index (χ0) is 19.3. The van der Waals surface area contributed by atoms with Gasteiger partial charge in [-0.1, -0.05) is 39.0 Å². The fourth-order valence-corrected chi connectivity index (χ4v) is 3.72. The topological polar surface area (TPSA) is 71.0 Å². The van der Waals surface area contributed by atoms with Gasteiger partial charge in [0.05, 0.1) is 17.4 Å². The maximum atomic E-state index is 13.2. The molecule has 1 N–H and O–H groups in total. The van der Waals surface area contributed by atoms with E-state index in [0.29, 0.717) is 29.8 Å². The number of aromatic amines is 1. The number of hydrogen-bond donors (Lipinski definition) is 1. The van der Waals surface area contributed by atoms with E-state index in [1.165, 1.54) is 22.8 Å². The first-order chi connectivity index (χ1) is 12.7. The minimum atomic E-state index is -0.308. The molecular weight excluding hydrogens is 340 g/mol. The molecule has 1 amide bonds. The first-order valence-electron chi connectivity index (χ1n) is 9.20. The number of aryl methyl sites for hydroxylation is 1. The number of carbonyl (C=O) groups is 1. The zero-order valence-electron chi connectivity index (χ0n) is 16.2. The number of hydrogen-bond acceptors (Lipinski definition) is 3. The van der Waals surface area contributed by atoms with E-state index in [9.17, 15) is 9.59 Å². The van der Waals surface area contributed by atoms with Crippen molar-refractivity contribution in [1.82, 2.24) is 19.4 Å². The summed E-state index contributed by atoms with van der Waals surface area (Å²) in [7, 11) is 1.82. The van der Waals surface area contributed by atoms with E-state index in [1.807, 2.05) is 11.9 Å². The van der Waals surface area contributed by atoms with Crippen molar-refractivity contribution in [3.63, 3.8) is 0 Å². The Morgan fingerprint density at radius 2 is 1.96 bits per heavy atom. The molecule has 0 spiro atoms. The third kappa shape index (κ3) is 3.05. The highest BCUT2D eigenvalue weighted by Crippen LogP contribution is 2.28. The van der Waals surface area contributed by atoms with Gasteiger partial charge in [-0.25, -0.2) is 4.98 Å². The Balaban J connectivity index is 1.71. The van der Waals surface area contributed by atoms with Crippen LogP contribution in [0.15, 0.2) is 35.4 Å². The molecular formula is C21H24N4O2. The largest absolute Gasteiger partial charge is 0.334 e. The van der Waals surface area contributed by atoms with Gasteiger partial charge in [0.2, 0.25) is 5.56 Å². The van der Waals surface area contributed by atoms with Crippen molar-refractivity contribution in [3.8, 4) is 0 Å². The molecule has 3 heterocycles. The summed E-state index contributed by atoms with van der Waals surface area (Å²) in [6.45, 7) is 7.78. The van der Waals surface area contributed by atoms with Crippen LogP contribution in [0.4, 0.5) is 0 Å². The summed E-state index contributed by atoms with van der Waals surface area (Å²) in [5.41, 5.74) is 5.02. The van der Waals surface area contributed by atoms with Gasteiger partial charge in [-0.05, 0) is 28.5 Å². The zero-order valence-corrected chi connectivity index (χ0v) is 16.2. The van der Waals surface area contributed by atoms with Crippen LogP contribution in [0.2, 0.25) is 0 Å². The molecule has 0 bridgehead atoms. The van der Waals surface area contributed by atoms with Crippen molar-refractivity contribution in [2.24, 2.45) is 7.05 Å². The van der Waals surface area contributed by atoms with Crippen LogP contribution >= 0.6 is 0 Å². The molecule has 0 fully saturated rings. The number of amides is 1. The number of rotatable bonds is 1. The molecule has 1 aromatic carbocycles. The van der Waals surface area contributed by atoms with Crippen LogP contribution in [0.3, 0.4) is 0 Å². The summed E-state index contributed by atoms with van der Waals surface area (Å²) >= 11 is 0. The van der Waals surface area contributed by atoms with Crippen molar-refractivity contribution in [2.75, 3.05) is 6.54 Å². The number of pyridine rings is 1. The molecule has 4 rings (SSSR count). The summed E-state index contributed by atoms with van der Waals surface area (Å²) in [6.07, 6.45) is 2.43. The molecule has 0 saturated carbocycles. The lowest BCUT2D eigenvalue weighted by atomic mass is 9.84. The number of benzene rings is 1. The van der Waals surface area contributed by atoms with E-state index >= 15 is 0 Å². The van der Waals surface area contributed by atoms with E-state index in [-0.39, 0.29) is 16.9 Å². The van der Waals surface area contributed by atoms with Crippen LogP contribution in [0, 0.1) is 0 Å². The van der Waals surface area contributed by atoms with Crippen molar-refractivity contribution in [1.29, 1.82) is 0 Å². The first kappa shape index (κ1) is 17.5. The summed E-state index contributed by atoms with van der Waals surface area (Å²) in [5, 5.41) is 0. The van der Waals surface area contributed by atoms with Gasteiger partial charge in [-0.2, -0.15) is 0 Å². The highest BCUT2D eigenvalue weighted by atomic mass is 16.2. The molecule has 0 saturated heterocycles. The number of aromatic nitrogens is 3. The van der Waals surface area contributed by atoms with E-state index in [4.69, 9.17) is 0 Å². The molecule has 0 radical (unpaired) electrons. The van der Waals surface area contributed by atoms with Gasteiger partial charge in [0.1, 0.15) is 0 Å². The van der Waals surface area contributed by atoms with Crippen LogP contribution in [0.1, 0.15) is 47.8 Å². The molecule has 6 heteroatoms. The number of nitrogens with one attached hydrogen (secondary N) is 1. The summed E-state index contributed by atoms with van der Waals surface area (Å²) in [4.78, 5) is 33.9. The van der Waals surface area contributed by atoms with Crippen LogP contribution < -0.4 is 5.56 Å². The van der Waals surface area contributed by atoms with Crippen LogP contribution in [-0.4, -0.2) is 31.9 Å². The summed E-state index contributed by atoms with van der Waals surface area (Å²) in [6, 6.07) is 7.97. The third-order valence-electron chi connectivity index (χ3n) is 5.31. The number of nitrogens with zero attached hydrogens (tertiary/aromatic N) is 3. The molecule has 2 aromatic heterocycles. The fourth-order valence-electron chi connectivity index (χ4n) is 3.72. The summed E-state index contributed by atoms with van der Waals surface area (Å²) < 4.78 is 1.77. The van der Waals surface area contributed by atoms with Crippen molar-refractivity contribution in [3.05, 3.63) is 63.2 Å². The van der Waals surface area contributed by atoms with Gasteiger partial charge in [0, 0.05) is 26.2 Å². The van der Waals surface area contributed by atoms with E-state index in [2.05, 4.69) is 48.9 Å². The van der Waals surface area contributed by atoms with Gasteiger partial charge in [-0.3, -0.25) is 9.59 Å². The van der Waals surface area contributed by atoms with Crippen LogP contribution in [-0.2, 0) is 25.4 Å². The average molecular weight is 364 g/mol. The Bertz CT molecular complexity index is 1100. The molecule has 0 unspecified atom stereocenters. The maximum absolute atomic E-state index is 13.2. The Morgan fingerprint density at radius 3 is 2.70 bits per heavy atom. The highest BCUT2D eigenvalue weighted by molar-refractivity contribution is 6.04. The SMILES string of the molecule is Cn1cnc2[nH]c(=O)cc(C(=O)N3CCc4ccc(C(C)(C)C)cc4C3)c21. The van der Waals surface area contributed by atoms with Crippen LogP contribution in [0.5, 0.6) is 0 Å². The smallest absolute Gasteiger partial charge is 0.256 e. The van der Waals surface area contributed by atoms with Crippen molar-refractivity contribution >= 4 is 17.1 Å². The van der Waals surface area contributed by atoms with Gasteiger partial charge < -0.3 is 14.5 Å². The highest BCUT2D eigenvalue weighted by Gasteiger charge is 2.26. The van der Waals surface area contributed by atoms with Crippen LogP contribution in [0.25, 0.3) is 11.2 Å². The Kier molecular flexibility index (Phi) is 3.94. The number of carbonyl (C=O) groups excluding carboxylic acids is 1. The summed E-state index contributed by atoms with van der Waals surface area (Å²) in [5.74, 6) is -0.124. The Hall–Kier alpha value is -2.89. The second kappa shape index (κ2) is 6.08. The molecule has 6 nitrogen and oxygen atoms in total. The van der Waals surface area contributed by atoms with Crippen molar-refractivity contribution < 1.29 is 4.79 Å². The maximum Gasteiger partial charge on any atom is 0.256 e. The first-order valence-corrected chi connectivity index (χ1v) is 9.20. The number of fused-ring (bicyclic) bond motifs is 2. The normalized spacial score (nSPS) is 14.4. The lowest BCUT2D eigenvalue weighted by Crippen LogP contribution is -2.37. The predicted molar refractivity (Wildman–Crippen MR) is 105 cm³/mol. The Morgan fingerprint density at radius 1 is 1.19 bits per heavy atom. The van der Waals surface area contributed by atoms with Crippen molar-refractivity contribution in [2.45, 2.75) is 39.2 Å². The van der Waals surface area contributed by atoms with E-state index < -0.39 is 0 Å². The lowest BCUT2D eigenvalue weighted by molar-refractivity contribution is 0.0736. The predicted octanol–water partition coefficient (Wildman–Crippen LogP) is 2.76. The average Bonchev–Trinajstić information content (AvgIpc) is 2.99. The van der Waals surface area contributed by atoms with Gasteiger partial charge >= 0.3 is 0 Å². The lowest BCUT2D eigenvalue weighted by Gasteiger charge is -2.31. The Labute approximate surface area is 157 Å². The third-order valence-corrected chi connectivity index (χ3v) is 5.31. The molecule has 1 aliphatic heterocycles. The standard InChI is InChI=1S/C21H24N4O2/c1-21(2,3)15-6-5-13-7-8-25(11-14(13)9-15)20(27)16-10-17(26)23-19-18(16)24(4)12-22-19/h5-6,9-10,12H,7-8,11H2,1-4H3,(H,23,26). The van der Waals surface area contributed by atoms with Gasteiger partial charge in [-0.15, -0.1) is 0 Å². The number of imidazole rings is 1. The van der Waals surface area contributed by atoms with E-state index in [1.54, 1.807) is 10.9 Å². The molecule has 1 aliphatic rings. The van der Waals surface area contributed by atoms with E-state index in [0.717, 1.165) is 6.42 Å². The molecule has 3 aromatic rings. The second-order valence-corrected chi connectivity index (χ2v) is 8.31. The minimum Gasteiger partial charge on any atom is -0.334 e. The quantitative estimate of drug-likeness (QED) is 0.722. The molecule has 140 valence electrons. The second-order valence-electron chi connectivity index (χ2n) is 8.31. The van der Waals surface area contributed by atoms with Gasteiger partial charge in [0.15, 0.2) is 5.65 Å². The van der Waals surface area contributed by atoms with Gasteiger partial charge in [0.25, 0.3) is 5.91 Å². The molecule has 0 aliphatic carbocycles. The molecule has 27 heavy (non-hydrogen) atoms. The number of H-pyrrole nitrogens is 1.